The highest BCUT2D eigenvalue weighted by molar-refractivity contribution is 9.10. The minimum atomic E-state index is -3.27. The van der Waals surface area contributed by atoms with Gasteiger partial charge < -0.3 is 4.84 Å². The first-order valence-electron chi connectivity index (χ1n) is 4.40. The van der Waals surface area contributed by atoms with Crippen molar-refractivity contribution in [3.05, 3.63) is 28.2 Å². The van der Waals surface area contributed by atoms with Crippen molar-refractivity contribution >= 4 is 25.8 Å². The number of nitrogens with two attached hydrogens (primary N) is 1. The molecule has 1 unspecified atom stereocenters. The van der Waals surface area contributed by atoms with Crippen LogP contribution < -0.4 is 5.90 Å². The molecule has 1 heterocycles. The van der Waals surface area contributed by atoms with Crippen molar-refractivity contribution in [3.63, 3.8) is 0 Å². The maximum atomic E-state index is 12.0. The summed E-state index contributed by atoms with van der Waals surface area (Å²) in [5.41, 5.74) is 0.819. The summed E-state index contributed by atoms with van der Waals surface area (Å²) in [7, 11) is -3.27. The van der Waals surface area contributed by atoms with Crippen molar-refractivity contribution in [3.8, 4) is 0 Å². The van der Waals surface area contributed by atoms with Gasteiger partial charge in [-0.25, -0.2) is 14.3 Å². The predicted molar refractivity (Wildman–Crippen MR) is 59.0 cm³/mol. The maximum Gasteiger partial charge on any atom is 0.184 e. The first kappa shape index (κ1) is 11.1. The molecule has 0 amide bonds. The monoisotopic (exact) mass is 291 g/mol. The molecule has 6 heteroatoms. The summed E-state index contributed by atoms with van der Waals surface area (Å²) in [5.74, 6) is 4.93. The van der Waals surface area contributed by atoms with Crippen LogP contribution in [0.15, 0.2) is 27.6 Å². The van der Waals surface area contributed by atoms with Crippen LogP contribution in [0.1, 0.15) is 5.56 Å². The first-order valence-corrected chi connectivity index (χ1v) is 6.74. The van der Waals surface area contributed by atoms with Crippen molar-refractivity contribution < 1.29 is 13.3 Å². The third-order valence-electron chi connectivity index (χ3n) is 2.54. The number of benzene rings is 1. The van der Waals surface area contributed by atoms with Gasteiger partial charge in [-0.15, -0.1) is 0 Å². The van der Waals surface area contributed by atoms with Gasteiger partial charge in [-0.1, -0.05) is 22.0 Å². The fourth-order valence-corrected chi connectivity index (χ4v) is 4.24. The van der Waals surface area contributed by atoms with Gasteiger partial charge in [-0.05, 0) is 24.1 Å². The lowest BCUT2D eigenvalue weighted by Crippen LogP contribution is -2.24. The second-order valence-corrected chi connectivity index (χ2v) is 6.47. The van der Waals surface area contributed by atoms with E-state index in [1.165, 1.54) is 0 Å². The summed E-state index contributed by atoms with van der Waals surface area (Å²) in [6, 6.07) is 5.16. The molecule has 0 bridgehead atoms. The summed E-state index contributed by atoms with van der Waals surface area (Å²) in [6.45, 7) is 0.0312. The topological polar surface area (TPSA) is 69.4 Å². The summed E-state index contributed by atoms with van der Waals surface area (Å²) < 4.78 is 24.8. The smallest absolute Gasteiger partial charge is 0.184 e. The molecular weight excluding hydrogens is 282 g/mol. The summed E-state index contributed by atoms with van der Waals surface area (Å²) in [5, 5.41) is -0.559. The average molecular weight is 292 g/mol. The molecule has 0 fully saturated rings. The Bertz CT molecular complexity index is 486. The van der Waals surface area contributed by atoms with Gasteiger partial charge in [0, 0.05) is 4.47 Å². The Morgan fingerprint density at radius 3 is 2.87 bits per heavy atom. The SMILES string of the molecule is NOCC1Cc2c(Br)cccc2S1(=O)=O. The Labute approximate surface area is 96.4 Å². The van der Waals surface area contributed by atoms with Gasteiger partial charge in [0.25, 0.3) is 0 Å². The number of hydrogen-bond donors (Lipinski definition) is 1. The minimum absolute atomic E-state index is 0.0312. The lowest BCUT2D eigenvalue weighted by atomic mass is 10.1. The lowest BCUT2D eigenvalue weighted by Gasteiger charge is -2.06. The first-order chi connectivity index (χ1) is 7.07. The Balaban J connectivity index is 2.52. The molecule has 1 aromatic rings. The van der Waals surface area contributed by atoms with Crippen molar-refractivity contribution in [1.82, 2.24) is 0 Å². The van der Waals surface area contributed by atoms with Gasteiger partial charge in [-0.2, -0.15) is 0 Å². The quantitative estimate of drug-likeness (QED) is 0.827. The van der Waals surface area contributed by atoms with E-state index < -0.39 is 15.1 Å². The molecule has 0 spiro atoms. The third-order valence-corrected chi connectivity index (χ3v) is 5.45. The van der Waals surface area contributed by atoms with Crippen LogP contribution in [0.5, 0.6) is 0 Å². The highest BCUT2D eigenvalue weighted by atomic mass is 79.9. The van der Waals surface area contributed by atoms with E-state index in [0.717, 1.165) is 10.0 Å². The average Bonchev–Trinajstić information content (AvgIpc) is 2.43. The van der Waals surface area contributed by atoms with E-state index in [9.17, 15) is 8.42 Å². The van der Waals surface area contributed by atoms with Crippen molar-refractivity contribution in [2.75, 3.05) is 6.61 Å². The zero-order valence-corrected chi connectivity index (χ0v) is 10.2. The van der Waals surface area contributed by atoms with Crippen LogP contribution in [-0.4, -0.2) is 20.3 Å². The lowest BCUT2D eigenvalue weighted by molar-refractivity contribution is 0.138. The Hall–Kier alpha value is -0.430. The van der Waals surface area contributed by atoms with E-state index in [1.54, 1.807) is 12.1 Å². The normalized spacial score (nSPS) is 22.7. The molecular formula is C9H10BrNO3S. The van der Waals surface area contributed by atoms with E-state index in [2.05, 4.69) is 20.8 Å². The number of sulfone groups is 1. The maximum absolute atomic E-state index is 12.0. The largest absolute Gasteiger partial charge is 0.303 e. The van der Waals surface area contributed by atoms with E-state index in [1.807, 2.05) is 6.07 Å². The standard InChI is InChI=1S/C9H10BrNO3S/c10-8-2-1-3-9-7(8)4-6(5-14-11)15(9,12)13/h1-3,6H,4-5,11H2. The zero-order valence-electron chi connectivity index (χ0n) is 7.81. The molecule has 82 valence electrons. The number of rotatable bonds is 2. The fourth-order valence-electron chi connectivity index (χ4n) is 1.78. The van der Waals surface area contributed by atoms with Gasteiger partial charge >= 0.3 is 0 Å². The molecule has 0 aliphatic carbocycles. The Morgan fingerprint density at radius 2 is 2.27 bits per heavy atom. The molecule has 4 nitrogen and oxygen atoms in total. The van der Waals surface area contributed by atoms with Crippen LogP contribution in [0.25, 0.3) is 0 Å². The molecule has 1 aliphatic heterocycles. The van der Waals surface area contributed by atoms with Crippen molar-refractivity contribution in [1.29, 1.82) is 0 Å². The van der Waals surface area contributed by atoms with Gasteiger partial charge in [0.2, 0.25) is 0 Å². The molecule has 2 rings (SSSR count). The molecule has 1 atom stereocenters. The number of hydrogen-bond acceptors (Lipinski definition) is 4. The molecule has 0 saturated carbocycles. The predicted octanol–water partition coefficient (Wildman–Crippen LogP) is 1.04. The second kappa shape index (κ2) is 3.86. The molecule has 1 aliphatic rings. The Morgan fingerprint density at radius 1 is 1.53 bits per heavy atom. The van der Waals surface area contributed by atoms with E-state index in [4.69, 9.17) is 5.90 Å². The van der Waals surface area contributed by atoms with E-state index in [-0.39, 0.29) is 6.61 Å². The van der Waals surface area contributed by atoms with Gasteiger partial charge in [0.15, 0.2) is 9.84 Å². The van der Waals surface area contributed by atoms with Crippen molar-refractivity contribution in [2.24, 2.45) is 5.90 Å². The van der Waals surface area contributed by atoms with Gasteiger partial charge in [0.05, 0.1) is 16.8 Å². The highest BCUT2D eigenvalue weighted by Gasteiger charge is 2.37. The zero-order chi connectivity index (χ0) is 11.1. The molecule has 0 saturated heterocycles. The van der Waals surface area contributed by atoms with Crippen LogP contribution in [-0.2, 0) is 21.1 Å². The van der Waals surface area contributed by atoms with Gasteiger partial charge in [0.1, 0.15) is 0 Å². The van der Waals surface area contributed by atoms with Crippen LogP contribution >= 0.6 is 15.9 Å². The summed E-state index contributed by atoms with van der Waals surface area (Å²) in [6.07, 6.45) is 0.455. The number of halogens is 1. The van der Waals surface area contributed by atoms with E-state index >= 15 is 0 Å². The Kier molecular flexibility index (Phi) is 2.85. The third kappa shape index (κ3) is 1.71. The summed E-state index contributed by atoms with van der Waals surface area (Å²) >= 11 is 3.34. The van der Waals surface area contributed by atoms with Crippen molar-refractivity contribution in [2.45, 2.75) is 16.6 Å². The highest BCUT2D eigenvalue weighted by Crippen LogP contribution is 2.35. The van der Waals surface area contributed by atoms with E-state index in [0.29, 0.717) is 11.3 Å². The molecule has 0 radical (unpaired) electrons. The fraction of sp³-hybridized carbons (Fsp3) is 0.333. The molecule has 1 aromatic carbocycles. The van der Waals surface area contributed by atoms with Crippen LogP contribution in [0.4, 0.5) is 0 Å². The molecule has 2 N–H and O–H groups in total. The second-order valence-electron chi connectivity index (χ2n) is 3.42. The van der Waals surface area contributed by atoms with Crippen LogP contribution in [0, 0.1) is 0 Å². The molecule has 15 heavy (non-hydrogen) atoms. The van der Waals surface area contributed by atoms with Crippen LogP contribution in [0.2, 0.25) is 0 Å². The number of fused-ring (bicyclic) bond motifs is 1. The van der Waals surface area contributed by atoms with Gasteiger partial charge in [-0.3, -0.25) is 0 Å². The molecule has 0 aromatic heterocycles. The minimum Gasteiger partial charge on any atom is -0.303 e. The summed E-state index contributed by atoms with van der Waals surface area (Å²) in [4.78, 5) is 4.83. The van der Waals surface area contributed by atoms with Crippen LogP contribution in [0.3, 0.4) is 0 Å².